The minimum absolute atomic E-state index is 0.233. The summed E-state index contributed by atoms with van der Waals surface area (Å²) in [6.45, 7) is 6.19. The lowest BCUT2D eigenvalue weighted by molar-refractivity contribution is -0.123. The van der Waals surface area contributed by atoms with Gasteiger partial charge in [0.1, 0.15) is 6.04 Å². The molecule has 0 bridgehead atoms. The fraction of sp³-hybridized carbons (Fsp3) is 0.318. The van der Waals surface area contributed by atoms with Crippen LogP contribution in [0.4, 0.5) is 0 Å². The second kappa shape index (κ2) is 8.77. The number of amides is 2. The van der Waals surface area contributed by atoms with Crippen LogP contribution in [0.5, 0.6) is 0 Å². The van der Waals surface area contributed by atoms with Crippen molar-refractivity contribution in [3.8, 4) is 0 Å². The van der Waals surface area contributed by atoms with E-state index in [1.165, 1.54) is 0 Å². The van der Waals surface area contributed by atoms with Crippen molar-refractivity contribution in [2.24, 2.45) is 5.92 Å². The average Bonchev–Trinajstić information content (AvgIpc) is 3.04. The Morgan fingerprint density at radius 1 is 1.03 bits per heavy atom. The Balaban J connectivity index is 1.68. The number of imidazole rings is 1. The van der Waals surface area contributed by atoms with Gasteiger partial charge in [0.25, 0.3) is 5.91 Å². The average molecular weight is 394 g/mol. The van der Waals surface area contributed by atoms with Crippen LogP contribution in [0.15, 0.2) is 47.3 Å². The lowest BCUT2D eigenvalue weighted by Gasteiger charge is -2.21. The maximum absolute atomic E-state index is 12.8. The molecule has 1 heterocycles. The number of aromatic nitrogens is 2. The zero-order valence-electron chi connectivity index (χ0n) is 16.8. The summed E-state index contributed by atoms with van der Waals surface area (Å²) in [5.41, 5.74) is 3.42. The van der Waals surface area contributed by atoms with E-state index in [9.17, 15) is 14.4 Å². The van der Waals surface area contributed by atoms with E-state index in [2.05, 4.69) is 20.6 Å². The van der Waals surface area contributed by atoms with Crippen LogP contribution in [0.25, 0.3) is 11.0 Å². The Kier molecular flexibility index (Phi) is 6.16. The summed E-state index contributed by atoms with van der Waals surface area (Å²) < 4.78 is 0. The van der Waals surface area contributed by atoms with Crippen molar-refractivity contribution < 1.29 is 9.59 Å². The number of fused-ring (bicyclic) bond motifs is 1. The second-order valence-electron chi connectivity index (χ2n) is 7.65. The number of carbonyl (C=O) groups excluding carboxylic acids is 2. The molecule has 152 valence electrons. The number of aromatic amines is 2. The first-order valence-electron chi connectivity index (χ1n) is 9.68. The zero-order valence-corrected chi connectivity index (χ0v) is 16.8. The molecule has 0 aliphatic rings. The van der Waals surface area contributed by atoms with Crippen LogP contribution in [0, 0.1) is 12.8 Å². The fourth-order valence-corrected chi connectivity index (χ4v) is 3.27. The molecule has 0 saturated heterocycles. The molecule has 7 nitrogen and oxygen atoms in total. The Morgan fingerprint density at radius 3 is 2.48 bits per heavy atom. The number of carbonyl (C=O) groups is 2. The maximum Gasteiger partial charge on any atom is 0.323 e. The molecule has 2 amide bonds. The van der Waals surface area contributed by atoms with Crippen LogP contribution in [-0.2, 0) is 11.3 Å². The van der Waals surface area contributed by atoms with E-state index in [0.29, 0.717) is 29.6 Å². The molecule has 0 aliphatic heterocycles. The Hall–Kier alpha value is -3.35. The van der Waals surface area contributed by atoms with Crippen molar-refractivity contribution in [3.63, 3.8) is 0 Å². The predicted molar refractivity (Wildman–Crippen MR) is 113 cm³/mol. The van der Waals surface area contributed by atoms with Gasteiger partial charge in [-0.15, -0.1) is 0 Å². The van der Waals surface area contributed by atoms with Gasteiger partial charge in [-0.3, -0.25) is 9.59 Å². The first-order chi connectivity index (χ1) is 13.8. The second-order valence-corrected chi connectivity index (χ2v) is 7.65. The SMILES string of the molecule is Cc1ccccc1C(=O)NC(CC(C)C)C(=O)NCc1ccc2[nH]c(=O)[nH]c2c1. The van der Waals surface area contributed by atoms with Crippen molar-refractivity contribution in [2.75, 3.05) is 0 Å². The van der Waals surface area contributed by atoms with Gasteiger partial charge in [0.15, 0.2) is 0 Å². The van der Waals surface area contributed by atoms with Crippen LogP contribution >= 0.6 is 0 Å². The van der Waals surface area contributed by atoms with Crippen LogP contribution in [-0.4, -0.2) is 27.8 Å². The molecule has 1 aromatic heterocycles. The molecule has 29 heavy (non-hydrogen) atoms. The number of H-pyrrole nitrogens is 2. The molecule has 1 unspecified atom stereocenters. The van der Waals surface area contributed by atoms with E-state index in [0.717, 1.165) is 11.1 Å². The topological polar surface area (TPSA) is 107 Å². The summed E-state index contributed by atoms with van der Waals surface area (Å²) in [7, 11) is 0. The summed E-state index contributed by atoms with van der Waals surface area (Å²) >= 11 is 0. The number of nitrogens with one attached hydrogen (secondary N) is 4. The lowest BCUT2D eigenvalue weighted by atomic mass is 10.0. The van der Waals surface area contributed by atoms with Crippen molar-refractivity contribution >= 4 is 22.8 Å². The maximum atomic E-state index is 12.8. The van der Waals surface area contributed by atoms with E-state index in [1.54, 1.807) is 18.2 Å². The summed E-state index contributed by atoms with van der Waals surface area (Å²) in [5, 5.41) is 5.76. The van der Waals surface area contributed by atoms with E-state index < -0.39 is 6.04 Å². The summed E-state index contributed by atoms with van der Waals surface area (Å²) in [5.74, 6) is -0.247. The minimum Gasteiger partial charge on any atom is -0.350 e. The molecule has 3 aromatic rings. The third-order valence-corrected chi connectivity index (χ3v) is 4.77. The number of aryl methyl sites for hydroxylation is 1. The van der Waals surface area contributed by atoms with Crippen molar-refractivity contribution in [2.45, 2.75) is 39.8 Å². The highest BCUT2D eigenvalue weighted by atomic mass is 16.2. The van der Waals surface area contributed by atoms with Gasteiger partial charge in [-0.05, 0) is 48.6 Å². The van der Waals surface area contributed by atoms with E-state index >= 15 is 0 Å². The first kappa shape index (κ1) is 20.4. The quantitative estimate of drug-likeness (QED) is 0.495. The van der Waals surface area contributed by atoms with Gasteiger partial charge < -0.3 is 20.6 Å². The lowest BCUT2D eigenvalue weighted by Crippen LogP contribution is -2.47. The molecule has 3 rings (SSSR count). The summed E-state index contributed by atoms with van der Waals surface area (Å²) in [6, 6.07) is 12.1. The number of hydrogen-bond donors (Lipinski definition) is 4. The zero-order chi connectivity index (χ0) is 21.0. The van der Waals surface area contributed by atoms with Gasteiger partial charge in [-0.2, -0.15) is 0 Å². The summed E-state index contributed by atoms with van der Waals surface area (Å²) in [4.78, 5) is 42.2. The number of benzene rings is 2. The Bertz CT molecular complexity index is 1080. The predicted octanol–water partition coefficient (Wildman–Crippen LogP) is 2.63. The van der Waals surface area contributed by atoms with Gasteiger partial charge in [0.05, 0.1) is 11.0 Å². The molecule has 0 spiro atoms. The first-order valence-corrected chi connectivity index (χ1v) is 9.68. The van der Waals surface area contributed by atoms with Crippen molar-refractivity contribution in [3.05, 3.63) is 69.6 Å². The standard InChI is InChI=1S/C22H26N4O3/c1-13(2)10-19(24-20(27)16-7-5-4-6-14(16)3)21(28)23-12-15-8-9-17-18(11-15)26-22(29)25-17/h4-9,11,13,19H,10,12H2,1-3H3,(H,23,28)(H,24,27)(H2,25,26,29). The van der Waals surface area contributed by atoms with Crippen LogP contribution in [0.1, 0.15) is 41.8 Å². The smallest absolute Gasteiger partial charge is 0.323 e. The highest BCUT2D eigenvalue weighted by Crippen LogP contribution is 2.12. The van der Waals surface area contributed by atoms with Crippen LogP contribution in [0.3, 0.4) is 0 Å². The van der Waals surface area contributed by atoms with Gasteiger partial charge in [0.2, 0.25) is 5.91 Å². The summed E-state index contributed by atoms with van der Waals surface area (Å²) in [6.07, 6.45) is 0.535. The fourth-order valence-electron chi connectivity index (χ4n) is 3.27. The van der Waals surface area contributed by atoms with Crippen molar-refractivity contribution in [1.82, 2.24) is 20.6 Å². The molecule has 0 fully saturated rings. The molecule has 2 aromatic carbocycles. The molecule has 0 aliphatic carbocycles. The Labute approximate surface area is 168 Å². The third kappa shape index (κ3) is 5.13. The molecule has 1 atom stereocenters. The number of hydrogen-bond acceptors (Lipinski definition) is 3. The molecule has 0 radical (unpaired) electrons. The molecule has 4 N–H and O–H groups in total. The van der Waals surface area contributed by atoms with Gasteiger partial charge in [-0.1, -0.05) is 38.1 Å². The molecule has 0 saturated carbocycles. The van der Waals surface area contributed by atoms with Gasteiger partial charge >= 0.3 is 5.69 Å². The number of rotatable bonds is 7. The highest BCUT2D eigenvalue weighted by Gasteiger charge is 2.23. The molecular weight excluding hydrogens is 368 g/mol. The molecule has 7 heteroatoms. The monoisotopic (exact) mass is 394 g/mol. The third-order valence-electron chi connectivity index (χ3n) is 4.77. The normalized spacial score (nSPS) is 12.1. The highest BCUT2D eigenvalue weighted by molar-refractivity contribution is 5.98. The van der Waals surface area contributed by atoms with Crippen LogP contribution in [0.2, 0.25) is 0 Å². The Morgan fingerprint density at radius 2 is 1.76 bits per heavy atom. The van der Waals surface area contributed by atoms with E-state index in [4.69, 9.17) is 0 Å². The van der Waals surface area contributed by atoms with E-state index in [1.807, 2.05) is 45.0 Å². The van der Waals surface area contributed by atoms with Gasteiger partial charge in [-0.25, -0.2) is 4.79 Å². The van der Waals surface area contributed by atoms with E-state index in [-0.39, 0.29) is 23.4 Å². The molecular formula is C22H26N4O3. The van der Waals surface area contributed by atoms with Crippen molar-refractivity contribution in [1.29, 1.82) is 0 Å². The largest absolute Gasteiger partial charge is 0.350 e. The van der Waals surface area contributed by atoms with Gasteiger partial charge in [0, 0.05) is 12.1 Å². The van der Waals surface area contributed by atoms with Crippen LogP contribution < -0.4 is 16.3 Å². The minimum atomic E-state index is -0.627.